The Morgan fingerprint density at radius 1 is 1.35 bits per heavy atom. The average Bonchev–Trinajstić information content (AvgIpc) is 3.13. The van der Waals surface area contributed by atoms with E-state index >= 15 is 0 Å². The normalized spacial score (nSPS) is 14.0. The third-order valence-corrected chi connectivity index (χ3v) is 4.28. The lowest BCUT2D eigenvalue weighted by molar-refractivity contribution is 0.0947. The second-order valence-electron chi connectivity index (χ2n) is 6.84. The van der Waals surface area contributed by atoms with Crippen LogP contribution in [0.1, 0.15) is 48.9 Å². The minimum atomic E-state index is -0.153. The molecule has 1 aliphatic rings. The van der Waals surface area contributed by atoms with Gasteiger partial charge in [-0.1, -0.05) is 19.0 Å². The molecule has 1 fully saturated rings. The number of nitrogens with one attached hydrogen (secondary N) is 1. The van der Waals surface area contributed by atoms with Gasteiger partial charge in [0.1, 0.15) is 17.8 Å². The minimum absolute atomic E-state index is 0.153. The number of nitrogens with zero attached hydrogens (tertiary/aromatic N) is 5. The Labute approximate surface area is 150 Å². The van der Waals surface area contributed by atoms with Crippen molar-refractivity contribution in [1.29, 1.82) is 0 Å². The van der Waals surface area contributed by atoms with E-state index in [2.05, 4.69) is 25.4 Å². The van der Waals surface area contributed by atoms with E-state index in [-0.39, 0.29) is 11.8 Å². The smallest absolute Gasteiger partial charge is 0.271 e. The van der Waals surface area contributed by atoms with Crippen molar-refractivity contribution in [2.45, 2.75) is 32.6 Å². The van der Waals surface area contributed by atoms with Gasteiger partial charge < -0.3 is 9.84 Å². The minimum Gasteiger partial charge on any atom is -0.350 e. The maximum absolute atomic E-state index is 12.1. The highest BCUT2D eigenvalue weighted by atomic mass is 16.5. The van der Waals surface area contributed by atoms with Gasteiger partial charge >= 0.3 is 0 Å². The molecule has 0 unspecified atom stereocenters. The first-order valence-corrected chi connectivity index (χ1v) is 8.72. The summed E-state index contributed by atoms with van der Waals surface area (Å²) >= 11 is 0. The van der Waals surface area contributed by atoms with Crippen LogP contribution >= 0.6 is 0 Å². The summed E-state index contributed by atoms with van der Waals surface area (Å²) in [5.74, 6) is 2.45. The van der Waals surface area contributed by atoms with E-state index < -0.39 is 0 Å². The number of carbonyl (C=O) groups is 1. The molecule has 3 aromatic rings. The molecule has 0 spiro atoms. The van der Waals surface area contributed by atoms with E-state index in [1.807, 2.05) is 26.0 Å². The molecule has 3 aromatic heterocycles. The fourth-order valence-electron chi connectivity index (χ4n) is 2.47. The first kappa shape index (κ1) is 16.4. The van der Waals surface area contributed by atoms with Gasteiger partial charge in [-0.05, 0) is 30.9 Å². The molecule has 8 heteroatoms. The topological polar surface area (TPSA) is 98.7 Å². The lowest BCUT2D eigenvalue weighted by Crippen LogP contribution is -2.25. The SMILES string of the molecule is CC(C)c1noc(-c2ccc(-n3cnc(C(=O)NCC4CC4)c3)nc2)n1. The summed E-state index contributed by atoms with van der Waals surface area (Å²) in [6, 6.07) is 3.68. The summed E-state index contributed by atoms with van der Waals surface area (Å²) in [4.78, 5) is 25.0. The Bertz CT molecular complexity index is 908. The Morgan fingerprint density at radius 2 is 2.19 bits per heavy atom. The quantitative estimate of drug-likeness (QED) is 0.732. The maximum Gasteiger partial charge on any atom is 0.271 e. The monoisotopic (exact) mass is 352 g/mol. The molecule has 1 amide bonds. The van der Waals surface area contributed by atoms with Gasteiger partial charge in [0.15, 0.2) is 5.82 Å². The van der Waals surface area contributed by atoms with E-state index in [0.717, 1.165) is 12.1 Å². The molecule has 4 rings (SSSR count). The predicted molar refractivity (Wildman–Crippen MR) is 93.8 cm³/mol. The average molecular weight is 352 g/mol. The number of aromatic nitrogens is 5. The molecule has 3 heterocycles. The number of hydrogen-bond donors (Lipinski definition) is 1. The maximum atomic E-state index is 12.1. The Morgan fingerprint density at radius 3 is 2.85 bits per heavy atom. The predicted octanol–water partition coefficient (Wildman–Crippen LogP) is 2.58. The molecule has 8 nitrogen and oxygen atoms in total. The second-order valence-corrected chi connectivity index (χ2v) is 6.84. The first-order chi connectivity index (χ1) is 12.6. The van der Waals surface area contributed by atoms with E-state index in [4.69, 9.17) is 4.52 Å². The van der Waals surface area contributed by atoms with Gasteiger partial charge in [0, 0.05) is 24.9 Å². The lowest BCUT2D eigenvalue weighted by Gasteiger charge is -2.02. The summed E-state index contributed by atoms with van der Waals surface area (Å²) in [6.45, 7) is 4.74. The van der Waals surface area contributed by atoms with Crippen molar-refractivity contribution in [2.75, 3.05) is 6.54 Å². The van der Waals surface area contributed by atoms with Crippen molar-refractivity contribution < 1.29 is 9.32 Å². The summed E-state index contributed by atoms with van der Waals surface area (Å²) in [5.41, 5.74) is 1.13. The van der Waals surface area contributed by atoms with Crippen LogP contribution in [0.5, 0.6) is 0 Å². The third kappa shape index (κ3) is 3.49. The molecule has 1 saturated carbocycles. The van der Waals surface area contributed by atoms with Crippen molar-refractivity contribution >= 4 is 5.91 Å². The van der Waals surface area contributed by atoms with Crippen LogP contribution in [0.25, 0.3) is 17.3 Å². The molecule has 1 N–H and O–H groups in total. The summed E-state index contributed by atoms with van der Waals surface area (Å²) in [6.07, 6.45) is 7.32. The van der Waals surface area contributed by atoms with Crippen molar-refractivity contribution in [1.82, 2.24) is 30.0 Å². The molecule has 0 radical (unpaired) electrons. The number of imidazole rings is 1. The van der Waals surface area contributed by atoms with Crippen LogP contribution in [-0.2, 0) is 0 Å². The molecule has 0 bridgehead atoms. The van der Waals surface area contributed by atoms with E-state index in [0.29, 0.717) is 29.1 Å². The first-order valence-electron chi connectivity index (χ1n) is 8.72. The van der Waals surface area contributed by atoms with Crippen LogP contribution in [0.3, 0.4) is 0 Å². The fourth-order valence-corrected chi connectivity index (χ4v) is 2.47. The van der Waals surface area contributed by atoms with Gasteiger partial charge in [0.2, 0.25) is 0 Å². The fraction of sp³-hybridized carbons (Fsp3) is 0.389. The largest absolute Gasteiger partial charge is 0.350 e. The molecule has 0 aliphatic heterocycles. The van der Waals surface area contributed by atoms with Gasteiger partial charge in [-0.2, -0.15) is 4.98 Å². The van der Waals surface area contributed by atoms with Gasteiger partial charge in [-0.25, -0.2) is 9.97 Å². The van der Waals surface area contributed by atoms with Crippen molar-refractivity contribution in [2.24, 2.45) is 5.92 Å². The highest BCUT2D eigenvalue weighted by molar-refractivity contribution is 5.92. The van der Waals surface area contributed by atoms with Crippen molar-refractivity contribution in [3.8, 4) is 17.3 Å². The molecule has 26 heavy (non-hydrogen) atoms. The number of rotatable bonds is 6. The zero-order chi connectivity index (χ0) is 18.1. The van der Waals surface area contributed by atoms with E-state index in [1.54, 1.807) is 23.3 Å². The summed E-state index contributed by atoms with van der Waals surface area (Å²) in [7, 11) is 0. The number of amides is 1. The van der Waals surface area contributed by atoms with Crippen LogP contribution in [0.2, 0.25) is 0 Å². The second kappa shape index (κ2) is 6.70. The summed E-state index contributed by atoms with van der Waals surface area (Å²) in [5, 5.41) is 6.86. The molecular formula is C18H20N6O2. The van der Waals surface area contributed by atoms with Crippen LogP contribution in [0, 0.1) is 5.92 Å². The molecular weight excluding hydrogens is 332 g/mol. The molecule has 1 aliphatic carbocycles. The molecule has 134 valence electrons. The number of pyridine rings is 1. The lowest BCUT2D eigenvalue weighted by atomic mass is 10.2. The zero-order valence-electron chi connectivity index (χ0n) is 14.7. The molecule has 0 atom stereocenters. The number of carbonyl (C=O) groups excluding carboxylic acids is 1. The van der Waals surface area contributed by atoms with Crippen LogP contribution < -0.4 is 5.32 Å². The van der Waals surface area contributed by atoms with Gasteiger partial charge in [0.05, 0.1) is 5.56 Å². The van der Waals surface area contributed by atoms with Gasteiger partial charge in [-0.3, -0.25) is 9.36 Å². The standard InChI is InChI=1S/C18H20N6O2/c1-11(2)16-22-18(26-23-16)13-5-6-15(19-8-13)24-9-14(21-10-24)17(25)20-7-12-3-4-12/h5-6,8-12H,3-4,7H2,1-2H3,(H,20,25). The Kier molecular flexibility index (Phi) is 4.24. The Balaban J connectivity index is 1.47. The van der Waals surface area contributed by atoms with E-state index in [1.165, 1.54) is 12.8 Å². The highest BCUT2D eigenvalue weighted by Gasteiger charge is 2.22. The van der Waals surface area contributed by atoms with Crippen LogP contribution in [0.4, 0.5) is 0 Å². The van der Waals surface area contributed by atoms with Gasteiger partial charge in [0.25, 0.3) is 11.8 Å². The third-order valence-electron chi connectivity index (χ3n) is 4.28. The van der Waals surface area contributed by atoms with Gasteiger partial charge in [-0.15, -0.1) is 0 Å². The number of hydrogen-bond acceptors (Lipinski definition) is 6. The summed E-state index contributed by atoms with van der Waals surface area (Å²) < 4.78 is 6.98. The Hall–Kier alpha value is -3.03. The molecule has 0 saturated heterocycles. The van der Waals surface area contributed by atoms with Crippen LogP contribution in [-0.4, -0.2) is 37.1 Å². The highest BCUT2D eigenvalue weighted by Crippen LogP contribution is 2.27. The van der Waals surface area contributed by atoms with Crippen LogP contribution in [0.15, 0.2) is 35.4 Å². The van der Waals surface area contributed by atoms with Crippen molar-refractivity contribution in [3.63, 3.8) is 0 Å². The van der Waals surface area contributed by atoms with E-state index in [9.17, 15) is 4.79 Å². The molecule has 0 aromatic carbocycles. The zero-order valence-corrected chi connectivity index (χ0v) is 14.7. The van der Waals surface area contributed by atoms with Crippen molar-refractivity contribution in [3.05, 3.63) is 42.4 Å².